The molecule has 2 nitrogen and oxygen atoms in total. The quantitative estimate of drug-likeness (QED) is 0.657. The molecule has 1 aliphatic rings. The lowest BCUT2D eigenvalue weighted by Gasteiger charge is -2.19. The Bertz CT molecular complexity index is 222. The van der Waals surface area contributed by atoms with Crippen LogP contribution in [0.3, 0.4) is 0 Å². The molecule has 0 bridgehead atoms. The first kappa shape index (κ1) is 7.84. The van der Waals surface area contributed by atoms with Crippen molar-refractivity contribution in [2.75, 3.05) is 0 Å². The van der Waals surface area contributed by atoms with Gasteiger partial charge in [-0.15, -0.1) is 0 Å². The van der Waals surface area contributed by atoms with Gasteiger partial charge in [0.2, 0.25) is 0 Å². The molecule has 0 unspecified atom stereocenters. The summed E-state index contributed by atoms with van der Waals surface area (Å²) in [4.78, 5) is 4.08. The van der Waals surface area contributed by atoms with E-state index in [1.165, 1.54) is 25.7 Å². The van der Waals surface area contributed by atoms with Gasteiger partial charge in [0.05, 0.1) is 6.33 Å². The molecule has 0 aromatic carbocycles. The fraction of sp³-hybridized carbons (Fsp3) is 0.700. The predicted molar refractivity (Wildman–Crippen MR) is 48.9 cm³/mol. The summed E-state index contributed by atoms with van der Waals surface area (Å²) >= 11 is 0. The molecule has 1 heterocycles. The third-order valence-corrected chi connectivity index (χ3v) is 3.08. The highest BCUT2D eigenvalue weighted by Crippen LogP contribution is 2.33. The lowest BCUT2D eigenvalue weighted by Crippen LogP contribution is -2.12. The molecule has 1 aliphatic carbocycles. The molecular formula is C10H16N2. The standard InChI is InChI=1S/C10H16N2/c1-9(10-4-2-3-5-10)12-7-6-11-8-12/h6-10H,2-5H2,1H3/t9-/m1/s1. The first-order chi connectivity index (χ1) is 5.88. The van der Waals surface area contributed by atoms with Gasteiger partial charge in [0.25, 0.3) is 0 Å². The van der Waals surface area contributed by atoms with Crippen LogP contribution in [0, 0.1) is 5.92 Å². The maximum Gasteiger partial charge on any atom is 0.0948 e. The van der Waals surface area contributed by atoms with Crippen LogP contribution in [0.4, 0.5) is 0 Å². The second-order valence-electron chi connectivity index (χ2n) is 3.80. The summed E-state index contributed by atoms with van der Waals surface area (Å²) in [5.41, 5.74) is 0. The van der Waals surface area contributed by atoms with Gasteiger partial charge in [0.15, 0.2) is 0 Å². The third-order valence-electron chi connectivity index (χ3n) is 3.08. The first-order valence-corrected chi connectivity index (χ1v) is 4.85. The molecule has 1 aromatic heterocycles. The molecule has 1 fully saturated rings. The molecule has 1 saturated carbocycles. The molecule has 1 atom stereocenters. The summed E-state index contributed by atoms with van der Waals surface area (Å²) in [6.07, 6.45) is 11.5. The fourth-order valence-corrected chi connectivity index (χ4v) is 2.19. The molecule has 0 saturated heterocycles. The number of aromatic nitrogens is 2. The minimum Gasteiger partial charge on any atom is -0.334 e. The Kier molecular flexibility index (Phi) is 2.15. The minimum absolute atomic E-state index is 0.648. The van der Waals surface area contributed by atoms with Crippen molar-refractivity contribution in [3.05, 3.63) is 18.7 Å². The molecular weight excluding hydrogens is 148 g/mol. The highest BCUT2D eigenvalue weighted by atomic mass is 15.0. The van der Waals surface area contributed by atoms with Crippen molar-refractivity contribution in [3.8, 4) is 0 Å². The van der Waals surface area contributed by atoms with E-state index in [-0.39, 0.29) is 0 Å². The van der Waals surface area contributed by atoms with Gasteiger partial charge in [0, 0.05) is 18.4 Å². The van der Waals surface area contributed by atoms with E-state index < -0.39 is 0 Å². The summed E-state index contributed by atoms with van der Waals surface area (Å²) in [6, 6.07) is 0.648. The average molecular weight is 164 g/mol. The molecule has 12 heavy (non-hydrogen) atoms. The SMILES string of the molecule is C[C@H](C1CCCC1)n1ccnc1. The van der Waals surface area contributed by atoms with Crippen molar-refractivity contribution in [1.82, 2.24) is 9.55 Å². The van der Waals surface area contributed by atoms with Crippen molar-refractivity contribution in [1.29, 1.82) is 0 Å². The maximum absolute atomic E-state index is 4.08. The van der Waals surface area contributed by atoms with E-state index in [9.17, 15) is 0 Å². The summed E-state index contributed by atoms with van der Waals surface area (Å²) < 4.78 is 2.23. The Morgan fingerprint density at radius 1 is 1.42 bits per heavy atom. The number of hydrogen-bond acceptors (Lipinski definition) is 1. The zero-order valence-corrected chi connectivity index (χ0v) is 7.61. The lowest BCUT2D eigenvalue weighted by molar-refractivity contribution is 0.360. The number of nitrogens with zero attached hydrogens (tertiary/aromatic N) is 2. The van der Waals surface area contributed by atoms with E-state index in [1.54, 1.807) is 0 Å². The van der Waals surface area contributed by atoms with Crippen molar-refractivity contribution >= 4 is 0 Å². The normalized spacial score (nSPS) is 21.4. The minimum atomic E-state index is 0.648. The van der Waals surface area contributed by atoms with Gasteiger partial charge < -0.3 is 4.57 Å². The van der Waals surface area contributed by atoms with Gasteiger partial charge in [-0.05, 0) is 25.7 Å². The molecule has 0 N–H and O–H groups in total. The topological polar surface area (TPSA) is 17.8 Å². The lowest BCUT2D eigenvalue weighted by atomic mass is 10.00. The monoisotopic (exact) mass is 164 g/mol. The fourth-order valence-electron chi connectivity index (χ4n) is 2.19. The van der Waals surface area contributed by atoms with Crippen LogP contribution in [-0.4, -0.2) is 9.55 Å². The smallest absolute Gasteiger partial charge is 0.0948 e. The number of rotatable bonds is 2. The molecule has 66 valence electrons. The summed E-state index contributed by atoms with van der Waals surface area (Å²) in [6.45, 7) is 2.30. The van der Waals surface area contributed by atoms with E-state index >= 15 is 0 Å². The van der Waals surface area contributed by atoms with Crippen LogP contribution in [0.25, 0.3) is 0 Å². The van der Waals surface area contributed by atoms with Gasteiger partial charge in [-0.2, -0.15) is 0 Å². The second kappa shape index (κ2) is 3.30. The van der Waals surface area contributed by atoms with Crippen LogP contribution in [0.2, 0.25) is 0 Å². The van der Waals surface area contributed by atoms with E-state index in [4.69, 9.17) is 0 Å². The zero-order chi connectivity index (χ0) is 8.39. The van der Waals surface area contributed by atoms with Crippen LogP contribution < -0.4 is 0 Å². The average Bonchev–Trinajstić information content (AvgIpc) is 2.77. The van der Waals surface area contributed by atoms with E-state index in [1.807, 2.05) is 12.5 Å². The van der Waals surface area contributed by atoms with Crippen LogP contribution in [0.1, 0.15) is 38.6 Å². The highest BCUT2D eigenvalue weighted by molar-refractivity contribution is 4.83. The predicted octanol–water partition coefficient (Wildman–Crippen LogP) is 2.63. The molecule has 0 spiro atoms. The first-order valence-electron chi connectivity index (χ1n) is 4.85. The van der Waals surface area contributed by atoms with Gasteiger partial charge in [-0.1, -0.05) is 12.8 Å². The molecule has 2 rings (SSSR count). The number of imidazole rings is 1. The Hall–Kier alpha value is -0.790. The van der Waals surface area contributed by atoms with Crippen molar-refractivity contribution in [2.45, 2.75) is 38.6 Å². The summed E-state index contributed by atoms with van der Waals surface area (Å²) in [7, 11) is 0. The zero-order valence-electron chi connectivity index (χ0n) is 7.61. The number of hydrogen-bond donors (Lipinski definition) is 0. The molecule has 0 amide bonds. The molecule has 0 radical (unpaired) electrons. The van der Waals surface area contributed by atoms with Crippen LogP contribution >= 0.6 is 0 Å². The van der Waals surface area contributed by atoms with Crippen LogP contribution in [0.5, 0.6) is 0 Å². The van der Waals surface area contributed by atoms with Gasteiger partial charge >= 0.3 is 0 Å². The largest absolute Gasteiger partial charge is 0.334 e. The van der Waals surface area contributed by atoms with Gasteiger partial charge in [-0.3, -0.25) is 0 Å². The van der Waals surface area contributed by atoms with Gasteiger partial charge in [-0.25, -0.2) is 4.98 Å². The molecule has 0 aliphatic heterocycles. The second-order valence-corrected chi connectivity index (χ2v) is 3.80. The van der Waals surface area contributed by atoms with Gasteiger partial charge in [0.1, 0.15) is 0 Å². The Morgan fingerprint density at radius 2 is 2.17 bits per heavy atom. The summed E-state index contributed by atoms with van der Waals surface area (Å²) in [5, 5.41) is 0. The Balaban J connectivity index is 2.04. The highest BCUT2D eigenvalue weighted by Gasteiger charge is 2.21. The van der Waals surface area contributed by atoms with Crippen LogP contribution in [0.15, 0.2) is 18.7 Å². The van der Waals surface area contributed by atoms with E-state index in [2.05, 4.69) is 22.7 Å². The molecule has 1 aromatic rings. The Morgan fingerprint density at radius 3 is 2.75 bits per heavy atom. The Labute approximate surface area is 73.6 Å². The van der Waals surface area contributed by atoms with Crippen molar-refractivity contribution in [2.24, 2.45) is 5.92 Å². The van der Waals surface area contributed by atoms with Crippen molar-refractivity contribution in [3.63, 3.8) is 0 Å². The van der Waals surface area contributed by atoms with Crippen molar-refractivity contribution < 1.29 is 0 Å². The van der Waals surface area contributed by atoms with E-state index in [0.29, 0.717) is 6.04 Å². The third kappa shape index (κ3) is 1.38. The summed E-state index contributed by atoms with van der Waals surface area (Å²) in [5.74, 6) is 0.888. The molecule has 2 heteroatoms. The van der Waals surface area contributed by atoms with E-state index in [0.717, 1.165) is 5.92 Å². The maximum atomic E-state index is 4.08. The van der Waals surface area contributed by atoms with Crippen LogP contribution in [-0.2, 0) is 0 Å².